The van der Waals surface area contributed by atoms with E-state index in [0.717, 1.165) is 11.5 Å². The number of hydrogen-bond donors (Lipinski definition) is 2. The minimum Gasteiger partial charge on any atom is -0.368 e. The van der Waals surface area contributed by atoms with Gasteiger partial charge in [0.1, 0.15) is 5.84 Å². The van der Waals surface area contributed by atoms with Crippen LogP contribution in [-0.2, 0) is 6.18 Å². The number of amidine groups is 1. The van der Waals surface area contributed by atoms with Crippen LogP contribution < -0.4 is 5.32 Å². The maximum Gasteiger partial charge on any atom is 0.417 e. The highest BCUT2D eigenvalue weighted by Crippen LogP contribution is 2.40. The molecule has 0 saturated heterocycles. The number of fused-ring (bicyclic) bond motifs is 1. The maximum absolute atomic E-state index is 13.5. The molecule has 2 heterocycles. The van der Waals surface area contributed by atoms with Crippen molar-refractivity contribution < 1.29 is 13.2 Å². The van der Waals surface area contributed by atoms with Gasteiger partial charge >= 0.3 is 6.18 Å². The first-order chi connectivity index (χ1) is 11.9. The van der Waals surface area contributed by atoms with Gasteiger partial charge < -0.3 is 10.3 Å². The number of nitrogens with zero attached hydrogens (tertiary/aromatic N) is 1. The number of aromatic amines is 1. The summed E-state index contributed by atoms with van der Waals surface area (Å²) in [6.45, 7) is 1.24. The van der Waals surface area contributed by atoms with E-state index in [1.165, 1.54) is 12.1 Å². The molecular weight excluding hydrogens is 351 g/mol. The Labute approximate surface area is 146 Å². The van der Waals surface area contributed by atoms with E-state index in [2.05, 4.69) is 15.3 Å². The third-order valence-electron chi connectivity index (χ3n) is 4.17. The van der Waals surface area contributed by atoms with Gasteiger partial charge in [-0.15, -0.1) is 0 Å². The molecular formula is C18H13ClF3N3. The Morgan fingerprint density at radius 3 is 2.60 bits per heavy atom. The molecule has 25 heavy (non-hydrogen) atoms. The molecule has 0 fully saturated rings. The summed E-state index contributed by atoms with van der Waals surface area (Å²) in [5.41, 5.74) is 1.12. The fourth-order valence-electron chi connectivity index (χ4n) is 3.13. The molecule has 0 bridgehead atoms. The molecule has 7 heteroatoms. The molecule has 0 radical (unpaired) electrons. The lowest BCUT2D eigenvalue weighted by molar-refractivity contribution is -0.137. The van der Waals surface area contributed by atoms with Crippen molar-refractivity contribution in [2.45, 2.75) is 6.18 Å². The summed E-state index contributed by atoms with van der Waals surface area (Å²) in [6, 6.07) is 10.7. The quantitative estimate of drug-likeness (QED) is 0.671. The molecule has 2 aromatic carbocycles. The van der Waals surface area contributed by atoms with Gasteiger partial charge in [0.05, 0.1) is 17.8 Å². The van der Waals surface area contributed by atoms with E-state index < -0.39 is 11.7 Å². The molecule has 3 nitrogen and oxygen atoms in total. The Morgan fingerprint density at radius 2 is 1.88 bits per heavy atom. The Bertz CT molecular complexity index is 989. The lowest BCUT2D eigenvalue weighted by Crippen LogP contribution is -2.20. The fourth-order valence-corrected chi connectivity index (χ4v) is 3.30. The summed E-state index contributed by atoms with van der Waals surface area (Å²) in [4.78, 5) is 7.51. The number of alkyl halides is 3. The lowest BCUT2D eigenvalue weighted by atomic mass is 9.99. The van der Waals surface area contributed by atoms with Gasteiger partial charge in [0.15, 0.2) is 0 Å². The van der Waals surface area contributed by atoms with Crippen molar-refractivity contribution in [2.75, 3.05) is 13.1 Å². The van der Waals surface area contributed by atoms with Crippen LogP contribution in [0.5, 0.6) is 0 Å². The van der Waals surface area contributed by atoms with Crippen LogP contribution in [0.15, 0.2) is 47.5 Å². The van der Waals surface area contributed by atoms with E-state index in [-0.39, 0.29) is 5.56 Å². The van der Waals surface area contributed by atoms with Crippen molar-refractivity contribution in [1.29, 1.82) is 0 Å². The molecule has 1 aromatic heterocycles. The number of halogens is 4. The number of benzene rings is 2. The Kier molecular flexibility index (Phi) is 3.72. The third-order valence-corrected chi connectivity index (χ3v) is 4.41. The second kappa shape index (κ2) is 5.81. The van der Waals surface area contributed by atoms with Crippen LogP contribution >= 0.6 is 11.6 Å². The highest BCUT2D eigenvalue weighted by Gasteiger charge is 2.35. The van der Waals surface area contributed by atoms with E-state index in [4.69, 9.17) is 11.6 Å². The van der Waals surface area contributed by atoms with Gasteiger partial charge in [0.2, 0.25) is 0 Å². The van der Waals surface area contributed by atoms with Crippen LogP contribution in [0.4, 0.5) is 13.2 Å². The van der Waals surface area contributed by atoms with Crippen LogP contribution in [-0.4, -0.2) is 23.9 Å². The van der Waals surface area contributed by atoms with E-state index >= 15 is 0 Å². The summed E-state index contributed by atoms with van der Waals surface area (Å²) in [7, 11) is 0. The topological polar surface area (TPSA) is 40.2 Å². The zero-order valence-corrected chi connectivity index (χ0v) is 13.7. The van der Waals surface area contributed by atoms with Gasteiger partial charge in [-0.05, 0) is 24.3 Å². The molecule has 4 rings (SSSR count). The average Bonchev–Trinajstić information content (AvgIpc) is 3.20. The number of hydrogen-bond acceptors (Lipinski definition) is 2. The van der Waals surface area contributed by atoms with Gasteiger partial charge in [0, 0.05) is 33.6 Å². The molecule has 0 amide bonds. The maximum atomic E-state index is 13.5. The monoisotopic (exact) mass is 363 g/mol. The predicted molar refractivity (Wildman–Crippen MR) is 93.2 cm³/mol. The molecule has 0 aliphatic carbocycles. The van der Waals surface area contributed by atoms with Gasteiger partial charge in [0.25, 0.3) is 0 Å². The molecule has 0 unspecified atom stereocenters. The first kappa shape index (κ1) is 16.0. The van der Waals surface area contributed by atoms with Crippen LogP contribution in [0.25, 0.3) is 22.2 Å². The Morgan fingerprint density at radius 1 is 1.08 bits per heavy atom. The van der Waals surface area contributed by atoms with Crippen molar-refractivity contribution >= 4 is 28.3 Å². The average molecular weight is 364 g/mol. The van der Waals surface area contributed by atoms with Crippen molar-refractivity contribution in [2.24, 2.45) is 4.99 Å². The number of nitrogens with one attached hydrogen (secondary N) is 2. The first-order valence-electron chi connectivity index (χ1n) is 7.71. The number of H-pyrrole nitrogens is 1. The molecule has 2 N–H and O–H groups in total. The molecule has 0 spiro atoms. The zero-order valence-electron chi connectivity index (χ0n) is 12.9. The van der Waals surface area contributed by atoms with E-state index in [1.54, 1.807) is 24.3 Å². The standard InChI is InChI=1S/C18H13ClF3N3/c19-10-5-6-14-12(9-10)15(17-23-7-8-24-17)16(25-14)11-3-1-2-4-13(11)18(20,21)22/h1-6,9,25H,7-8H2,(H,23,24). The molecule has 1 aliphatic rings. The van der Waals surface area contributed by atoms with Gasteiger partial charge in [-0.25, -0.2) is 0 Å². The SMILES string of the molecule is FC(F)(F)c1ccccc1-c1[nH]c2ccc(Cl)cc2c1C1=NCCN1. The van der Waals surface area contributed by atoms with Crippen molar-refractivity contribution in [3.05, 3.63) is 58.6 Å². The molecule has 3 aromatic rings. The minimum absolute atomic E-state index is 0.0914. The van der Waals surface area contributed by atoms with Crippen LogP contribution in [0.3, 0.4) is 0 Å². The van der Waals surface area contributed by atoms with Gasteiger partial charge in [-0.2, -0.15) is 13.2 Å². The molecule has 0 saturated carbocycles. The lowest BCUT2D eigenvalue weighted by Gasteiger charge is -2.13. The van der Waals surface area contributed by atoms with Gasteiger partial charge in [-0.1, -0.05) is 29.8 Å². The zero-order chi connectivity index (χ0) is 17.6. The van der Waals surface area contributed by atoms with Crippen LogP contribution in [0, 0.1) is 0 Å². The summed E-state index contributed by atoms with van der Waals surface area (Å²) in [6.07, 6.45) is -4.45. The van der Waals surface area contributed by atoms with E-state index in [0.29, 0.717) is 40.7 Å². The summed E-state index contributed by atoms with van der Waals surface area (Å²) >= 11 is 6.10. The van der Waals surface area contributed by atoms with Crippen LogP contribution in [0.1, 0.15) is 11.1 Å². The fraction of sp³-hybridized carbons (Fsp3) is 0.167. The minimum atomic E-state index is -4.45. The molecule has 1 aliphatic heterocycles. The number of aliphatic imine (C=N–C) groups is 1. The molecule has 128 valence electrons. The Hall–Kier alpha value is -2.47. The van der Waals surface area contributed by atoms with Gasteiger partial charge in [-0.3, -0.25) is 4.99 Å². The summed E-state index contributed by atoms with van der Waals surface area (Å²) in [5, 5.41) is 4.40. The highest BCUT2D eigenvalue weighted by molar-refractivity contribution is 6.31. The third kappa shape index (κ3) is 2.76. The summed E-state index contributed by atoms with van der Waals surface area (Å²) < 4.78 is 40.4. The summed E-state index contributed by atoms with van der Waals surface area (Å²) in [5.74, 6) is 0.584. The highest BCUT2D eigenvalue weighted by atomic mass is 35.5. The van der Waals surface area contributed by atoms with Crippen molar-refractivity contribution in [3.63, 3.8) is 0 Å². The predicted octanol–water partition coefficient (Wildman–Crippen LogP) is 4.86. The second-order valence-corrected chi connectivity index (χ2v) is 6.20. The second-order valence-electron chi connectivity index (χ2n) is 5.77. The van der Waals surface area contributed by atoms with E-state index in [1.807, 2.05) is 0 Å². The molecule has 0 atom stereocenters. The van der Waals surface area contributed by atoms with Crippen molar-refractivity contribution in [3.8, 4) is 11.3 Å². The number of rotatable bonds is 2. The van der Waals surface area contributed by atoms with E-state index in [9.17, 15) is 13.2 Å². The smallest absolute Gasteiger partial charge is 0.368 e. The van der Waals surface area contributed by atoms with Crippen LogP contribution in [0.2, 0.25) is 5.02 Å². The Balaban J connectivity index is 2.05. The largest absolute Gasteiger partial charge is 0.417 e. The first-order valence-corrected chi connectivity index (χ1v) is 8.09. The van der Waals surface area contributed by atoms with Crippen molar-refractivity contribution in [1.82, 2.24) is 10.3 Å². The number of aromatic nitrogens is 1. The normalized spacial score (nSPS) is 14.6.